The number of alkyl halides is 2. The van der Waals surface area contributed by atoms with Crippen molar-refractivity contribution in [2.75, 3.05) is 5.32 Å². The van der Waals surface area contributed by atoms with Gasteiger partial charge in [-0.1, -0.05) is 23.7 Å². The molecule has 3 nitrogen and oxygen atoms in total. The van der Waals surface area contributed by atoms with Gasteiger partial charge in [-0.25, -0.2) is 4.98 Å². The first-order valence-electron chi connectivity index (χ1n) is 6.40. The van der Waals surface area contributed by atoms with Gasteiger partial charge >= 0.3 is 6.61 Å². The van der Waals surface area contributed by atoms with Crippen LogP contribution in [0.1, 0.15) is 24.1 Å². The van der Waals surface area contributed by atoms with E-state index in [2.05, 4.69) is 15.0 Å². The first-order valence-corrected chi connectivity index (χ1v) is 6.77. The van der Waals surface area contributed by atoms with Crippen LogP contribution in [-0.4, -0.2) is 11.6 Å². The second-order valence-electron chi connectivity index (χ2n) is 4.61. The smallest absolute Gasteiger partial charge is 0.387 e. The Labute approximate surface area is 126 Å². The van der Waals surface area contributed by atoms with Crippen LogP contribution in [0, 0.1) is 6.92 Å². The minimum Gasteiger partial charge on any atom is -0.435 e. The summed E-state index contributed by atoms with van der Waals surface area (Å²) in [6.07, 6.45) is 1.64. The third-order valence-corrected chi connectivity index (χ3v) is 3.37. The number of ether oxygens (including phenoxy) is 1. The van der Waals surface area contributed by atoms with Crippen LogP contribution in [0.3, 0.4) is 0 Å². The fourth-order valence-corrected chi connectivity index (χ4v) is 2.20. The number of benzene rings is 1. The molecule has 1 aromatic carbocycles. The topological polar surface area (TPSA) is 34.2 Å². The largest absolute Gasteiger partial charge is 0.435 e. The average molecular weight is 313 g/mol. The van der Waals surface area contributed by atoms with Crippen molar-refractivity contribution in [3.05, 3.63) is 52.8 Å². The molecule has 2 rings (SSSR count). The van der Waals surface area contributed by atoms with Gasteiger partial charge in [0.25, 0.3) is 0 Å². The van der Waals surface area contributed by atoms with Gasteiger partial charge < -0.3 is 10.1 Å². The number of hydrogen-bond donors (Lipinski definition) is 1. The summed E-state index contributed by atoms with van der Waals surface area (Å²) in [7, 11) is 0. The van der Waals surface area contributed by atoms with Crippen LogP contribution in [-0.2, 0) is 0 Å². The lowest BCUT2D eigenvalue weighted by atomic mass is 10.1. The predicted molar refractivity (Wildman–Crippen MR) is 79.1 cm³/mol. The minimum atomic E-state index is -2.82. The zero-order chi connectivity index (χ0) is 15.4. The molecule has 0 aliphatic heterocycles. The molecule has 1 N–H and O–H groups in total. The van der Waals surface area contributed by atoms with Crippen LogP contribution in [0.4, 0.5) is 14.5 Å². The van der Waals surface area contributed by atoms with Crippen molar-refractivity contribution in [1.82, 2.24) is 4.98 Å². The summed E-state index contributed by atoms with van der Waals surface area (Å²) >= 11 is 6.07. The Hall–Kier alpha value is -1.88. The maximum absolute atomic E-state index is 12.1. The van der Waals surface area contributed by atoms with E-state index in [1.807, 2.05) is 19.9 Å². The number of nitrogens with zero attached hydrogens (tertiary/aromatic N) is 1. The van der Waals surface area contributed by atoms with Crippen molar-refractivity contribution in [3.63, 3.8) is 0 Å². The molecule has 112 valence electrons. The van der Waals surface area contributed by atoms with Crippen LogP contribution >= 0.6 is 11.6 Å². The molecule has 0 bridgehead atoms. The molecule has 0 aliphatic rings. The van der Waals surface area contributed by atoms with Crippen LogP contribution in [0.5, 0.6) is 5.75 Å². The van der Waals surface area contributed by atoms with Gasteiger partial charge in [0, 0.05) is 12.2 Å². The Morgan fingerprint density at radius 1 is 1.19 bits per heavy atom. The maximum Gasteiger partial charge on any atom is 0.387 e. The Balaban J connectivity index is 2.11. The summed E-state index contributed by atoms with van der Waals surface area (Å²) in [5, 5.41) is 3.67. The average Bonchev–Trinajstić information content (AvgIpc) is 2.43. The number of anilines is 1. The van der Waals surface area contributed by atoms with Crippen molar-refractivity contribution in [3.8, 4) is 5.75 Å². The number of aryl methyl sites for hydroxylation is 1. The van der Waals surface area contributed by atoms with E-state index in [0.717, 1.165) is 16.8 Å². The summed E-state index contributed by atoms with van der Waals surface area (Å²) in [5.74, 6) is 0.136. The van der Waals surface area contributed by atoms with Gasteiger partial charge in [-0.2, -0.15) is 8.78 Å². The van der Waals surface area contributed by atoms with Crippen molar-refractivity contribution < 1.29 is 13.5 Å². The van der Waals surface area contributed by atoms with E-state index in [1.165, 1.54) is 12.1 Å². The summed E-state index contributed by atoms with van der Waals surface area (Å²) < 4.78 is 28.5. The lowest BCUT2D eigenvalue weighted by Gasteiger charge is -2.18. The van der Waals surface area contributed by atoms with Crippen molar-refractivity contribution in [2.45, 2.75) is 26.5 Å². The molecular formula is C15H15ClF2N2O. The SMILES string of the molecule is Cc1ccnc(Cl)c1NC(C)c1ccc(OC(F)F)cc1. The zero-order valence-corrected chi connectivity index (χ0v) is 12.4. The van der Waals surface area contributed by atoms with Gasteiger partial charge in [0.05, 0.1) is 5.69 Å². The molecule has 2 aromatic rings. The molecule has 0 saturated carbocycles. The second-order valence-corrected chi connectivity index (χ2v) is 4.97. The van der Waals surface area contributed by atoms with Crippen molar-refractivity contribution in [2.24, 2.45) is 0 Å². The number of nitrogens with one attached hydrogen (secondary N) is 1. The zero-order valence-electron chi connectivity index (χ0n) is 11.6. The van der Waals surface area contributed by atoms with Gasteiger partial charge in [-0.3, -0.25) is 0 Å². The summed E-state index contributed by atoms with van der Waals surface area (Å²) in [4.78, 5) is 4.03. The summed E-state index contributed by atoms with van der Waals surface area (Å²) in [6.45, 7) is 1.07. The molecule has 0 radical (unpaired) electrons. The summed E-state index contributed by atoms with van der Waals surface area (Å²) in [5.41, 5.74) is 2.68. The maximum atomic E-state index is 12.1. The lowest BCUT2D eigenvalue weighted by molar-refractivity contribution is -0.0498. The fourth-order valence-electron chi connectivity index (χ4n) is 1.94. The van der Waals surface area contributed by atoms with Gasteiger partial charge in [0.1, 0.15) is 5.75 Å². The first kappa shape index (κ1) is 15.5. The molecule has 0 aliphatic carbocycles. The normalized spacial score (nSPS) is 12.3. The molecular weight excluding hydrogens is 298 g/mol. The molecule has 0 fully saturated rings. The Kier molecular flexibility index (Phi) is 4.96. The Morgan fingerprint density at radius 3 is 2.43 bits per heavy atom. The van der Waals surface area contributed by atoms with Crippen molar-refractivity contribution in [1.29, 1.82) is 0 Å². The second kappa shape index (κ2) is 6.72. The molecule has 1 atom stereocenters. The molecule has 1 unspecified atom stereocenters. The van der Waals surface area contributed by atoms with Crippen LogP contribution < -0.4 is 10.1 Å². The fraction of sp³-hybridized carbons (Fsp3) is 0.267. The van der Waals surface area contributed by atoms with Crippen LogP contribution in [0.15, 0.2) is 36.5 Å². The quantitative estimate of drug-likeness (QED) is 0.804. The first-order chi connectivity index (χ1) is 9.97. The molecule has 1 heterocycles. The molecule has 0 spiro atoms. The number of rotatable bonds is 5. The van der Waals surface area contributed by atoms with E-state index in [0.29, 0.717) is 5.15 Å². The molecule has 0 saturated heterocycles. The molecule has 21 heavy (non-hydrogen) atoms. The molecule has 0 amide bonds. The van der Waals surface area contributed by atoms with E-state index in [9.17, 15) is 8.78 Å². The number of halogens is 3. The third-order valence-electron chi connectivity index (χ3n) is 3.08. The predicted octanol–water partition coefficient (Wildman–Crippen LogP) is 4.82. The highest BCUT2D eigenvalue weighted by molar-refractivity contribution is 6.32. The summed E-state index contributed by atoms with van der Waals surface area (Å²) in [6, 6.07) is 8.30. The van der Waals surface area contributed by atoms with Crippen LogP contribution in [0.2, 0.25) is 5.15 Å². The van der Waals surface area contributed by atoms with E-state index in [1.54, 1.807) is 18.3 Å². The molecule has 6 heteroatoms. The Morgan fingerprint density at radius 2 is 1.86 bits per heavy atom. The number of hydrogen-bond acceptors (Lipinski definition) is 3. The number of aromatic nitrogens is 1. The van der Waals surface area contributed by atoms with Crippen LogP contribution in [0.25, 0.3) is 0 Å². The Bertz CT molecular complexity index is 585. The molecule has 1 aromatic heterocycles. The van der Waals surface area contributed by atoms with E-state index < -0.39 is 6.61 Å². The van der Waals surface area contributed by atoms with E-state index in [-0.39, 0.29) is 11.8 Å². The van der Waals surface area contributed by atoms with Crippen molar-refractivity contribution >= 4 is 17.3 Å². The minimum absolute atomic E-state index is 0.0500. The van der Waals surface area contributed by atoms with E-state index in [4.69, 9.17) is 11.6 Å². The standard InChI is InChI=1S/C15H15ClF2N2O/c1-9-7-8-19-14(16)13(9)20-10(2)11-3-5-12(6-4-11)21-15(17)18/h3-8,10,15,20H,1-2H3. The third kappa shape index (κ3) is 4.04. The number of pyridine rings is 1. The highest BCUT2D eigenvalue weighted by Gasteiger charge is 2.11. The van der Waals surface area contributed by atoms with Gasteiger partial charge in [0.2, 0.25) is 0 Å². The van der Waals surface area contributed by atoms with E-state index >= 15 is 0 Å². The highest BCUT2D eigenvalue weighted by Crippen LogP contribution is 2.28. The van der Waals surface area contributed by atoms with Gasteiger partial charge in [0.15, 0.2) is 5.15 Å². The van der Waals surface area contributed by atoms with Gasteiger partial charge in [-0.15, -0.1) is 0 Å². The lowest BCUT2D eigenvalue weighted by Crippen LogP contribution is -2.09. The monoisotopic (exact) mass is 312 g/mol. The highest BCUT2D eigenvalue weighted by atomic mass is 35.5. The van der Waals surface area contributed by atoms with Gasteiger partial charge in [-0.05, 0) is 43.2 Å².